The van der Waals surface area contributed by atoms with Crippen LogP contribution < -0.4 is 9.62 Å². The molecule has 0 saturated carbocycles. The molecule has 0 radical (unpaired) electrons. The van der Waals surface area contributed by atoms with E-state index in [1.807, 2.05) is 0 Å². The summed E-state index contributed by atoms with van der Waals surface area (Å²) in [7, 11) is -3.34. The summed E-state index contributed by atoms with van der Waals surface area (Å²) in [5.41, 5.74) is 1.91. The number of carbonyl (C=O) groups excluding carboxylic acids is 1. The van der Waals surface area contributed by atoms with Gasteiger partial charge in [0.2, 0.25) is 10.0 Å². The smallest absolute Gasteiger partial charge is 0.255 e. The summed E-state index contributed by atoms with van der Waals surface area (Å²) in [5, 5.41) is 2.54. The lowest BCUT2D eigenvalue weighted by molar-refractivity contribution is 0.102. The Kier molecular flexibility index (Phi) is 4.76. The van der Waals surface area contributed by atoms with Gasteiger partial charge in [-0.15, -0.1) is 0 Å². The molecule has 0 aliphatic carbocycles. The maximum absolute atomic E-state index is 13.7. The quantitative estimate of drug-likeness (QED) is 0.908. The van der Waals surface area contributed by atoms with Gasteiger partial charge in [0.15, 0.2) is 0 Å². The molecule has 0 spiro atoms. The third-order valence-electron chi connectivity index (χ3n) is 4.24. The average molecular weight is 362 g/mol. The number of aryl methyl sites for hydroxylation is 1. The molecule has 0 aromatic heterocycles. The molecule has 132 valence electrons. The molecule has 5 nitrogen and oxygen atoms in total. The van der Waals surface area contributed by atoms with Gasteiger partial charge >= 0.3 is 0 Å². The first-order valence-electron chi connectivity index (χ1n) is 8.11. The van der Waals surface area contributed by atoms with E-state index in [-0.39, 0.29) is 11.4 Å². The summed E-state index contributed by atoms with van der Waals surface area (Å²) in [5.74, 6) is -0.903. The predicted octanol–water partition coefficient (Wildman–Crippen LogP) is 3.18. The summed E-state index contributed by atoms with van der Waals surface area (Å²) in [4.78, 5) is 12.4. The van der Waals surface area contributed by atoms with Gasteiger partial charge in [0, 0.05) is 12.1 Å². The van der Waals surface area contributed by atoms with Gasteiger partial charge in [-0.3, -0.25) is 9.10 Å². The first kappa shape index (κ1) is 17.4. The molecular formula is C18H19FN2O3S. The molecule has 2 aromatic rings. The van der Waals surface area contributed by atoms with Crippen LogP contribution in [0, 0.1) is 5.82 Å². The second-order valence-electron chi connectivity index (χ2n) is 5.85. The molecule has 1 N–H and O–H groups in total. The van der Waals surface area contributed by atoms with Gasteiger partial charge in [-0.05, 0) is 55.7 Å². The molecule has 1 aliphatic heterocycles. The molecule has 0 bridgehead atoms. The fourth-order valence-electron chi connectivity index (χ4n) is 2.91. The van der Waals surface area contributed by atoms with Crippen molar-refractivity contribution >= 4 is 27.3 Å². The number of fused-ring (bicyclic) bond motifs is 1. The Bertz CT molecular complexity index is 912. The zero-order valence-electron chi connectivity index (χ0n) is 13.8. The maximum Gasteiger partial charge on any atom is 0.255 e. The molecule has 0 fully saturated rings. The molecule has 0 atom stereocenters. The number of hydrogen-bond donors (Lipinski definition) is 1. The molecule has 1 aliphatic rings. The third kappa shape index (κ3) is 3.51. The van der Waals surface area contributed by atoms with Crippen LogP contribution in [0.4, 0.5) is 15.8 Å². The summed E-state index contributed by atoms with van der Waals surface area (Å²) in [6.07, 6.45) is 1.40. The zero-order chi connectivity index (χ0) is 18.0. The number of carbonyl (C=O) groups is 1. The van der Waals surface area contributed by atoms with E-state index in [2.05, 4.69) is 5.32 Å². The van der Waals surface area contributed by atoms with Gasteiger partial charge in [-0.1, -0.05) is 12.1 Å². The van der Waals surface area contributed by atoms with Crippen molar-refractivity contribution in [3.8, 4) is 0 Å². The highest BCUT2D eigenvalue weighted by atomic mass is 32.2. The fraction of sp³-hybridized carbons (Fsp3) is 0.278. The van der Waals surface area contributed by atoms with Crippen molar-refractivity contribution in [2.24, 2.45) is 0 Å². The highest BCUT2D eigenvalue weighted by Gasteiger charge is 2.26. The second kappa shape index (κ2) is 6.84. The van der Waals surface area contributed by atoms with Crippen molar-refractivity contribution in [3.05, 3.63) is 59.4 Å². The fourth-order valence-corrected chi connectivity index (χ4v) is 4.10. The summed E-state index contributed by atoms with van der Waals surface area (Å²) in [6.45, 7) is 2.06. The van der Waals surface area contributed by atoms with Crippen molar-refractivity contribution in [1.82, 2.24) is 0 Å². The molecule has 25 heavy (non-hydrogen) atoms. The van der Waals surface area contributed by atoms with Crippen molar-refractivity contribution in [2.75, 3.05) is 21.9 Å². The van der Waals surface area contributed by atoms with E-state index in [4.69, 9.17) is 0 Å². The highest BCUT2D eigenvalue weighted by molar-refractivity contribution is 7.92. The van der Waals surface area contributed by atoms with Crippen LogP contribution in [0.15, 0.2) is 42.5 Å². The van der Waals surface area contributed by atoms with Crippen LogP contribution in [0.5, 0.6) is 0 Å². The average Bonchev–Trinajstić information content (AvgIpc) is 2.62. The first-order chi connectivity index (χ1) is 11.9. The lowest BCUT2D eigenvalue weighted by Crippen LogP contribution is -2.36. The van der Waals surface area contributed by atoms with Crippen molar-refractivity contribution < 1.29 is 17.6 Å². The number of nitrogens with zero attached hydrogens (tertiary/aromatic N) is 1. The summed E-state index contributed by atoms with van der Waals surface area (Å²) >= 11 is 0. The SMILES string of the molecule is CCS(=O)(=O)N1CCCc2cc(C(=O)Nc3ccccc3F)ccc21. The number of sulfonamides is 1. The monoisotopic (exact) mass is 362 g/mol. The van der Waals surface area contributed by atoms with Crippen LogP contribution in [0.3, 0.4) is 0 Å². The molecule has 7 heteroatoms. The normalized spacial score (nSPS) is 14.1. The Morgan fingerprint density at radius 2 is 2.00 bits per heavy atom. The number of benzene rings is 2. The van der Waals surface area contributed by atoms with Crippen LogP contribution in [0.2, 0.25) is 0 Å². The highest BCUT2D eigenvalue weighted by Crippen LogP contribution is 2.30. The summed E-state index contributed by atoms with van der Waals surface area (Å²) < 4.78 is 39.5. The second-order valence-corrected chi connectivity index (χ2v) is 8.04. The molecule has 3 rings (SSSR count). The number of rotatable bonds is 4. The molecule has 2 aromatic carbocycles. The third-order valence-corrected chi connectivity index (χ3v) is 6.02. The Balaban J connectivity index is 1.88. The van der Waals surface area contributed by atoms with Crippen molar-refractivity contribution in [3.63, 3.8) is 0 Å². The van der Waals surface area contributed by atoms with E-state index in [0.29, 0.717) is 30.6 Å². The van der Waals surface area contributed by atoms with Gasteiger partial charge < -0.3 is 5.32 Å². The number of para-hydroxylation sites is 1. The zero-order valence-corrected chi connectivity index (χ0v) is 14.6. The van der Waals surface area contributed by atoms with Crippen LogP contribution in [0.1, 0.15) is 29.3 Å². The number of nitrogens with one attached hydrogen (secondary N) is 1. The van der Waals surface area contributed by atoms with Crippen LogP contribution >= 0.6 is 0 Å². The summed E-state index contributed by atoms with van der Waals surface area (Å²) in [6, 6.07) is 10.8. The van der Waals surface area contributed by atoms with Gasteiger partial charge in [0.25, 0.3) is 5.91 Å². The predicted molar refractivity (Wildman–Crippen MR) is 95.9 cm³/mol. The van der Waals surface area contributed by atoms with Gasteiger partial charge in [-0.25, -0.2) is 12.8 Å². The molecular weight excluding hydrogens is 343 g/mol. The van der Waals surface area contributed by atoms with Crippen molar-refractivity contribution in [2.45, 2.75) is 19.8 Å². The minimum atomic E-state index is -3.34. The lowest BCUT2D eigenvalue weighted by Gasteiger charge is -2.30. The van der Waals surface area contributed by atoms with Gasteiger partial charge in [-0.2, -0.15) is 0 Å². The minimum absolute atomic E-state index is 0.0297. The minimum Gasteiger partial charge on any atom is -0.319 e. The number of anilines is 2. The maximum atomic E-state index is 13.7. The van der Waals surface area contributed by atoms with E-state index in [0.717, 1.165) is 5.56 Å². The Morgan fingerprint density at radius 3 is 2.72 bits per heavy atom. The van der Waals surface area contributed by atoms with Gasteiger partial charge in [0.1, 0.15) is 5.82 Å². The Hall–Kier alpha value is -2.41. The van der Waals surface area contributed by atoms with Crippen molar-refractivity contribution in [1.29, 1.82) is 0 Å². The van der Waals surface area contributed by atoms with Crippen LogP contribution in [0.25, 0.3) is 0 Å². The molecule has 0 saturated heterocycles. The van der Waals surface area contributed by atoms with E-state index < -0.39 is 21.7 Å². The number of hydrogen-bond acceptors (Lipinski definition) is 3. The molecule has 0 unspecified atom stereocenters. The van der Waals surface area contributed by atoms with E-state index >= 15 is 0 Å². The van der Waals surface area contributed by atoms with E-state index in [1.165, 1.54) is 16.4 Å². The van der Waals surface area contributed by atoms with Crippen LogP contribution in [-0.4, -0.2) is 26.6 Å². The van der Waals surface area contributed by atoms with Crippen LogP contribution in [-0.2, 0) is 16.4 Å². The number of amides is 1. The Morgan fingerprint density at radius 1 is 1.24 bits per heavy atom. The van der Waals surface area contributed by atoms with E-state index in [1.54, 1.807) is 37.3 Å². The Labute approximate surface area is 146 Å². The largest absolute Gasteiger partial charge is 0.319 e. The molecule has 1 heterocycles. The van der Waals surface area contributed by atoms with E-state index in [9.17, 15) is 17.6 Å². The molecule has 1 amide bonds. The number of halogens is 1. The van der Waals surface area contributed by atoms with Gasteiger partial charge in [0.05, 0.1) is 17.1 Å². The first-order valence-corrected chi connectivity index (χ1v) is 9.72. The topological polar surface area (TPSA) is 66.5 Å². The standard InChI is InChI=1S/C18H19FN2O3S/c1-2-25(23,24)21-11-5-6-13-12-14(9-10-17(13)21)18(22)20-16-8-4-3-7-15(16)19/h3-4,7-10,12H,2,5-6,11H2,1H3,(H,20,22). The lowest BCUT2D eigenvalue weighted by atomic mass is 10.0.